The van der Waals surface area contributed by atoms with Crippen LogP contribution in [0.1, 0.15) is 46.1 Å². The molecule has 12 heteroatoms. The van der Waals surface area contributed by atoms with E-state index in [0.717, 1.165) is 4.31 Å². The van der Waals surface area contributed by atoms with Gasteiger partial charge in [0, 0.05) is 33.2 Å². The number of ether oxygens (including phenoxy) is 1. The van der Waals surface area contributed by atoms with E-state index in [1.165, 1.54) is 29.2 Å². The van der Waals surface area contributed by atoms with E-state index >= 15 is 0 Å². The number of sulfonamides is 1. The summed E-state index contributed by atoms with van der Waals surface area (Å²) in [6.45, 7) is 7.15. The summed E-state index contributed by atoms with van der Waals surface area (Å²) in [5, 5.41) is 3.94. The first-order valence-electron chi connectivity index (χ1n) is 14.0. The molecule has 0 fully saturated rings. The lowest BCUT2D eigenvalue weighted by atomic mass is 10.1. The third kappa shape index (κ3) is 8.79. The largest absolute Gasteiger partial charge is 0.494 e. The summed E-state index contributed by atoms with van der Waals surface area (Å²) in [5.74, 6) is -0.431. The molecule has 8 nitrogen and oxygen atoms in total. The van der Waals surface area contributed by atoms with Crippen molar-refractivity contribution < 1.29 is 22.7 Å². The average Bonchev–Trinajstić information content (AvgIpc) is 2.97. The van der Waals surface area contributed by atoms with Crippen LogP contribution in [0.5, 0.6) is 5.75 Å². The number of benzene rings is 3. The van der Waals surface area contributed by atoms with Crippen LogP contribution in [0.3, 0.4) is 0 Å². The molecule has 3 rings (SSSR count). The predicted octanol–water partition coefficient (Wildman–Crippen LogP) is 6.96. The van der Waals surface area contributed by atoms with Gasteiger partial charge < -0.3 is 15.0 Å². The molecule has 0 aromatic heterocycles. The fourth-order valence-electron chi connectivity index (χ4n) is 4.35. The van der Waals surface area contributed by atoms with E-state index < -0.39 is 28.5 Å². The maximum absolute atomic E-state index is 14.2. The number of nitrogens with one attached hydrogen (secondary N) is 1. The van der Waals surface area contributed by atoms with Crippen molar-refractivity contribution in [1.82, 2.24) is 10.2 Å². The molecular weight excluding hydrogens is 633 g/mol. The van der Waals surface area contributed by atoms with Gasteiger partial charge in [-0.05, 0) is 87.4 Å². The Labute approximate surface area is 268 Å². The molecule has 0 radical (unpaired) electrons. The minimum Gasteiger partial charge on any atom is -0.494 e. The number of nitrogens with zero attached hydrogens (tertiary/aromatic N) is 2. The van der Waals surface area contributed by atoms with Crippen molar-refractivity contribution in [1.29, 1.82) is 0 Å². The smallest absolute Gasteiger partial charge is 0.264 e. The van der Waals surface area contributed by atoms with E-state index in [9.17, 15) is 18.0 Å². The molecule has 2 atom stereocenters. The van der Waals surface area contributed by atoms with Crippen molar-refractivity contribution >= 4 is 62.3 Å². The van der Waals surface area contributed by atoms with Crippen LogP contribution >= 0.6 is 34.8 Å². The predicted molar refractivity (Wildman–Crippen MR) is 173 cm³/mol. The molecule has 43 heavy (non-hydrogen) atoms. The third-order valence-corrected chi connectivity index (χ3v) is 9.64. The maximum Gasteiger partial charge on any atom is 0.264 e. The van der Waals surface area contributed by atoms with Crippen molar-refractivity contribution in [2.75, 3.05) is 17.5 Å². The van der Waals surface area contributed by atoms with Crippen LogP contribution in [-0.2, 0) is 26.2 Å². The minimum absolute atomic E-state index is 0.0548. The van der Waals surface area contributed by atoms with E-state index in [4.69, 9.17) is 39.5 Å². The van der Waals surface area contributed by atoms with Gasteiger partial charge in [0.2, 0.25) is 11.8 Å². The zero-order chi connectivity index (χ0) is 31.7. The van der Waals surface area contributed by atoms with Gasteiger partial charge >= 0.3 is 0 Å². The molecule has 0 bridgehead atoms. The van der Waals surface area contributed by atoms with Gasteiger partial charge in [-0.3, -0.25) is 13.9 Å². The molecule has 0 spiro atoms. The zero-order valence-electron chi connectivity index (χ0n) is 24.5. The lowest BCUT2D eigenvalue weighted by Crippen LogP contribution is -2.53. The Balaban J connectivity index is 2.10. The summed E-state index contributed by atoms with van der Waals surface area (Å²) in [4.78, 5) is 28.9. The van der Waals surface area contributed by atoms with Crippen LogP contribution in [0.25, 0.3) is 0 Å². The van der Waals surface area contributed by atoms with E-state index in [0.29, 0.717) is 39.4 Å². The second-order valence-corrected chi connectivity index (χ2v) is 13.0. The van der Waals surface area contributed by atoms with Gasteiger partial charge in [-0.25, -0.2) is 8.42 Å². The highest BCUT2D eigenvalue weighted by Gasteiger charge is 2.34. The first kappa shape index (κ1) is 34.5. The monoisotopic (exact) mass is 667 g/mol. The molecule has 232 valence electrons. The first-order chi connectivity index (χ1) is 20.4. The summed E-state index contributed by atoms with van der Waals surface area (Å²) in [6, 6.07) is 16.0. The van der Waals surface area contributed by atoms with Crippen LogP contribution in [0.15, 0.2) is 71.6 Å². The topological polar surface area (TPSA) is 96.0 Å². The number of anilines is 1. The van der Waals surface area contributed by atoms with Crippen molar-refractivity contribution in [3.63, 3.8) is 0 Å². The molecule has 0 aliphatic heterocycles. The molecule has 3 aromatic carbocycles. The van der Waals surface area contributed by atoms with Crippen molar-refractivity contribution in [2.24, 2.45) is 0 Å². The summed E-state index contributed by atoms with van der Waals surface area (Å²) < 4.78 is 34.5. The lowest BCUT2D eigenvalue weighted by Gasteiger charge is -2.34. The lowest BCUT2D eigenvalue weighted by molar-refractivity contribution is -0.140. The molecule has 0 aliphatic carbocycles. The van der Waals surface area contributed by atoms with Crippen LogP contribution in [-0.4, -0.2) is 50.4 Å². The summed E-state index contributed by atoms with van der Waals surface area (Å²) >= 11 is 19.0. The average molecular weight is 669 g/mol. The Kier molecular flexibility index (Phi) is 12.6. The SMILES string of the molecule is CCOc1ccc(N(CC(=O)N(Cc2c(Cl)cccc2Cl)C(CC)C(=O)NC(C)CC)S(=O)(=O)c2ccc(Cl)cc2)cc1. The number of hydrogen-bond acceptors (Lipinski definition) is 5. The molecule has 0 saturated heterocycles. The standard InChI is InChI=1S/C31H36Cl3N3O5S/c1-5-21(4)35-31(39)29(6-2)36(19-26-27(33)9-8-10-28(26)34)30(38)20-37(23-13-15-24(16-14-23)42-7-3)43(40,41)25-17-11-22(32)12-18-25/h8-18,21,29H,5-7,19-20H2,1-4H3,(H,35,39). The fourth-order valence-corrected chi connectivity index (χ4v) is 6.41. The molecule has 0 aliphatic rings. The normalized spacial score (nSPS) is 12.7. The van der Waals surface area contributed by atoms with Gasteiger partial charge in [-0.15, -0.1) is 0 Å². The minimum atomic E-state index is -4.26. The highest BCUT2D eigenvalue weighted by atomic mass is 35.5. The van der Waals surface area contributed by atoms with Crippen LogP contribution in [0, 0.1) is 0 Å². The fraction of sp³-hybridized carbons (Fsp3) is 0.355. The molecule has 1 N–H and O–H groups in total. The number of amides is 2. The number of halogens is 3. The van der Waals surface area contributed by atoms with Crippen LogP contribution < -0.4 is 14.4 Å². The Hall–Kier alpha value is -2.98. The molecule has 2 unspecified atom stereocenters. The number of carbonyl (C=O) groups is 2. The molecular formula is C31H36Cl3N3O5S. The van der Waals surface area contributed by atoms with Crippen molar-refractivity contribution in [2.45, 2.75) is 64.1 Å². The highest BCUT2D eigenvalue weighted by Crippen LogP contribution is 2.30. The van der Waals surface area contributed by atoms with Crippen LogP contribution in [0.2, 0.25) is 15.1 Å². The van der Waals surface area contributed by atoms with E-state index in [1.54, 1.807) is 49.4 Å². The van der Waals surface area contributed by atoms with Gasteiger partial charge in [-0.2, -0.15) is 0 Å². The molecule has 2 amide bonds. The van der Waals surface area contributed by atoms with E-state index in [2.05, 4.69) is 5.32 Å². The summed E-state index contributed by atoms with van der Waals surface area (Å²) in [6.07, 6.45) is 0.959. The van der Waals surface area contributed by atoms with E-state index in [1.807, 2.05) is 20.8 Å². The molecule has 3 aromatic rings. The molecule has 0 heterocycles. The number of rotatable bonds is 14. The van der Waals surface area contributed by atoms with Gasteiger partial charge in [0.1, 0.15) is 18.3 Å². The van der Waals surface area contributed by atoms with Gasteiger partial charge in [-0.1, -0.05) is 54.7 Å². The second-order valence-electron chi connectivity index (χ2n) is 9.86. The highest BCUT2D eigenvalue weighted by molar-refractivity contribution is 7.92. The number of hydrogen-bond donors (Lipinski definition) is 1. The summed E-state index contributed by atoms with van der Waals surface area (Å²) in [5.41, 5.74) is 0.682. The second kappa shape index (κ2) is 15.7. The van der Waals surface area contributed by atoms with Gasteiger partial charge in [0.05, 0.1) is 17.2 Å². The Bertz CT molecular complexity index is 1480. The Morgan fingerprint density at radius 3 is 2.02 bits per heavy atom. The first-order valence-corrected chi connectivity index (χ1v) is 16.5. The molecule has 0 saturated carbocycles. The quantitative estimate of drug-likeness (QED) is 0.200. The maximum atomic E-state index is 14.2. The third-order valence-electron chi connectivity index (χ3n) is 6.89. The van der Waals surface area contributed by atoms with Crippen LogP contribution in [0.4, 0.5) is 5.69 Å². The van der Waals surface area contributed by atoms with Gasteiger partial charge in [0.25, 0.3) is 10.0 Å². The Morgan fingerprint density at radius 1 is 0.884 bits per heavy atom. The summed E-state index contributed by atoms with van der Waals surface area (Å²) in [7, 11) is -4.26. The Morgan fingerprint density at radius 2 is 1.49 bits per heavy atom. The number of carbonyl (C=O) groups excluding carboxylic acids is 2. The van der Waals surface area contributed by atoms with Crippen molar-refractivity contribution in [3.8, 4) is 5.75 Å². The zero-order valence-corrected chi connectivity index (χ0v) is 27.6. The van der Waals surface area contributed by atoms with Gasteiger partial charge in [0.15, 0.2) is 0 Å². The van der Waals surface area contributed by atoms with E-state index in [-0.39, 0.29) is 35.5 Å². The van der Waals surface area contributed by atoms with Crippen molar-refractivity contribution in [3.05, 3.63) is 87.4 Å².